The Labute approximate surface area is 123 Å². The van der Waals surface area contributed by atoms with Gasteiger partial charge in [0.25, 0.3) is 5.91 Å². The van der Waals surface area contributed by atoms with E-state index in [1.54, 1.807) is 23.8 Å². The molecule has 0 radical (unpaired) electrons. The molecule has 0 aromatic carbocycles. The number of thiazole rings is 1. The van der Waals surface area contributed by atoms with Crippen LogP contribution in [0.5, 0.6) is 0 Å². The number of nitrogens with zero attached hydrogens (tertiary/aromatic N) is 5. The van der Waals surface area contributed by atoms with Crippen LogP contribution < -0.4 is 5.32 Å². The van der Waals surface area contributed by atoms with Gasteiger partial charge in [-0.15, -0.1) is 11.3 Å². The van der Waals surface area contributed by atoms with Crippen molar-refractivity contribution in [1.29, 1.82) is 0 Å². The summed E-state index contributed by atoms with van der Waals surface area (Å²) in [6.45, 7) is 1.89. The van der Waals surface area contributed by atoms with Gasteiger partial charge in [0.2, 0.25) is 0 Å². The number of carbonyl (C=O) groups is 1. The molecule has 1 amide bonds. The molecule has 106 valence electrons. The van der Waals surface area contributed by atoms with Crippen molar-refractivity contribution in [3.63, 3.8) is 0 Å². The zero-order chi connectivity index (χ0) is 14.7. The minimum Gasteiger partial charge on any atom is -0.315 e. The smallest absolute Gasteiger partial charge is 0.315 e. The number of carbonyl (C=O) groups excluding carboxylic acids is 1. The van der Waals surface area contributed by atoms with E-state index in [0.29, 0.717) is 23.1 Å². The first-order valence-electron chi connectivity index (χ1n) is 6.13. The normalized spacial score (nSPS) is 10.5. The fourth-order valence-corrected chi connectivity index (χ4v) is 2.24. The van der Waals surface area contributed by atoms with E-state index in [0.717, 1.165) is 0 Å². The molecule has 8 nitrogen and oxygen atoms in total. The number of aryl methyl sites for hydroxylation is 1. The second-order valence-electron chi connectivity index (χ2n) is 3.93. The maximum absolute atomic E-state index is 12.0. The van der Waals surface area contributed by atoms with Crippen LogP contribution in [0.15, 0.2) is 28.4 Å². The molecule has 21 heavy (non-hydrogen) atoms. The Morgan fingerprint density at radius 2 is 2.14 bits per heavy atom. The van der Waals surface area contributed by atoms with Crippen LogP contribution in [0.3, 0.4) is 0 Å². The first-order valence-corrected chi connectivity index (χ1v) is 7.01. The molecule has 1 N–H and O–H groups in total. The van der Waals surface area contributed by atoms with Crippen LogP contribution in [0.2, 0.25) is 0 Å². The first-order chi connectivity index (χ1) is 10.3. The lowest BCUT2D eigenvalue weighted by atomic mass is 10.4. The summed E-state index contributed by atoms with van der Waals surface area (Å²) in [5.41, 5.74) is 0.249. The highest BCUT2D eigenvalue weighted by molar-refractivity contribution is 7.13. The van der Waals surface area contributed by atoms with Crippen LogP contribution in [0.4, 0.5) is 6.01 Å². The second kappa shape index (κ2) is 5.75. The molecular weight excluding hydrogens is 292 g/mol. The molecule has 0 unspecified atom stereocenters. The van der Waals surface area contributed by atoms with Crippen molar-refractivity contribution < 1.29 is 9.32 Å². The number of hydrogen-bond donors (Lipinski definition) is 1. The predicted molar refractivity (Wildman–Crippen MR) is 74.8 cm³/mol. The Balaban J connectivity index is 1.75. The summed E-state index contributed by atoms with van der Waals surface area (Å²) in [6.07, 6.45) is 3.87. The van der Waals surface area contributed by atoms with E-state index in [9.17, 15) is 4.79 Å². The number of amides is 1. The van der Waals surface area contributed by atoms with Crippen LogP contribution in [0, 0.1) is 0 Å². The van der Waals surface area contributed by atoms with Gasteiger partial charge in [0.15, 0.2) is 16.7 Å². The minimum atomic E-state index is -0.417. The van der Waals surface area contributed by atoms with Gasteiger partial charge < -0.3 is 4.52 Å². The van der Waals surface area contributed by atoms with Crippen LogP contribution in [-0.2, 0) is 6.42 Å². The molecule has 0 bridgehead atoms. The Hall–Kier alpha value is -2.68. The maximum atomic E-state index is 12.0. The lowest BCUT2D eigenvalue weighted by molar-refractivity contribution is 0.101. The first kappa shape index (κ1) is 13.3. The summed E-state index contributed by atoms with van der Waals surface area (Å²) >= 11 is 1.29. The van der Waals surface area contributed by atoms with Crippen LogP contribution in [0.25, 0.3) is 10.8 Å². The number of rotatable bonds is 4. The SMILES string of the molecule is CCc1noc(NC(=O)c2csc(-c3ncccn3)n2)n1. The Bertz CT molecular complexity index is 754. The molecule has 0 aliphatic heterocycles. The van der Waals surface area contributed by atoms with Crippen molar-refractivity contribution in [2.45, 2.75) is 13.3 Å². The van der Waals surface area contributed by atoms with Gasteiger partial charge in [0.05, 0.1) is 0 Å². The van der Waals surface area contributed by atoms with Gasteiger partial charge in [0.1, 0.15) is 5.69 Å². The highest BCUT2D eigenvalue weighted by Gasteiger charge is 2.15. The monoisotopic (exact) mass is 302 g/mol. The van der Waals surface area contributed by atoms with Crippen LogP contribution in [-0.4, -0.2) is 31.0 Å². The third kappa shape index (κ3) is 2.92. The summed E-state index contributed by atoms with van der Waals surface area (Å²) in [5.74, 6) is 0.592. The quantitative estimate of drug-likeness (QED) is 0.783. The summed E-state index contributed by atoms with van der Waals surface area (Å²) < 4.78 is 4.90. The molecule has 0 aliphatic rings. The van der Waals surface area contributed by atoms with E-state index in [4.69, 9.17) is 4.52 Å². The van der Waals surface area contributed by atoms with Crippen molar-refractivity contribution >= 4 is 23.3 Å². The van der Waals surface area contributed by atoms with Gasteiger partial charge in [-0.2, -0.15) is 4.98 Å². The standard InChI is InChI=1S/C12H10N6O2S/c1-2-8-16-12(20-18-8)17-10(19)7-6-21-11(15-7)9-13-4-3-5-14-9/h3-6H,2H2,1H3,(H,16,17,18,19). The van der Waals surface area contributed by atoms with Crippen molar-refractivity contribution in [2.75, 3.05) is 5.32 Å². The molecule has 3 rings (SSSR count). The molecule has 3 aromatic heterocycles. The zero-order valence-corrected chi connectivity index (χ0v) is 11.8. The summed E-state index contributed by atoms with van der Waals surface area (Å²) in [5, 5.41) is 8.39. The fraction of sp³-hybridized carbons (Fsp3) is 0.167. The topological polar surface area (TPSA) is 107 Å². The van der Waals surface area contributed by atoms with Gasteiger partial charge in [-0.3, -0.25) is 10.1 Å². The van der Waals surface area contributed by atoms with Gasteiger partial charge >= 0.3 is 6.01 Å². The summed E-state index contributed by atoms with van der Waals surface area (Å²) in [4.78, 5) is 28.4. The molecule has 0 spiro atoms. The Morgan fingerprint density at radius 3 is 2.86 bits per heavy atom. The molecule has 0 fully saturated rings. The zero-order valence-electron chi connectivity index (χ0n) is 11.0. The highest BCUT2D eigenvalue weighted by Crippen LogP contribution is 2.20. The Morgan fingerprint density at radius 1 is 1.33 bits per heavy atom. The van der Waals surface area contributed by atoms with E-state index in [-0.39, 0.29) is 11.7 Å². The highest BCUT2D eigenvalue weighted by atomic mass is 32.1. The fourth-order valence-electron chi connectivity index (χ4n) is 1.50. The van der Waals surface area contributed by atoms with Gasteiger partial charge in [-0.05, 0) is 6.07 Å². The number of anilines is 1. The molecule has 0 saturated heterocycles. The molecule has 0 atom stereocenters. The second-order valence-corrected chi connectivity index (χ2v) is 4.79. The van der Waals surface area contributed by atoms with Gasteiger partial charge in [-0.25, -0.2) is 15.0 Å². The van der Waals surface area contributed by atoms with Crippen LogP contribution >= 0.6 is 11.3 Å². The summed E-state index contributed by atoms with van der Waals surface area (Å²) in [7, 11) is 0. The maximum Gasteiger partial charge on any atom is 0.328 e. The predicted octanol–water partition coefficient (Wildman–Crippen LogP) is 1.80. The van der Waals surface area contributed by atoms with Crippen molar-refractivity contribution in [3.8, 4) is 10.8 Å². The van der Waals surface area contributed by atoms with Crippen molar-refractivity contribution in [1.82, 2.24) is 25.1 Å². The molecule has 0 saturated carbocycles. The largest absolute Gasteiger partial charge is 0.328 e. The van der Waals surface area contributed by atoms with E-state index in [1.165, 1.54) is 11.3 Å². The van der Waals surface area contributed by atoms with E-state index < -0.39 is 5.91 Å². The Kier molecular flexibility index (Phi) is 3.65. The molecule has 9 heteroatoms. The molecule has 3 heterocycles. The number of aromatic nitrogens is 5. The number of hydrogen-bond acceptors (Lipinski definition) is 8. The average Bonchev–Trinajstić information content (AvgIpc) is 3.17. The van der Waals surface area contributed by atoms with Crippen molar-refractivity contribution in [3.05, 3.63) is 35.4 Å². The molecular formula is C12H10N6O2S. The molecule has 0 aliphatic carbocycles. The van der Waals surface area contributed by atoms with E-state index >= 15 is 0 Å². The minimum absolute atomic E-state index is 0.0577. The number of nitrogens with one attached hydrogen (secondary N) is 1. The van der Waals surface area contributed by atoms with Gasteiger partial charge in [-0.1, -0.05) is 12.1 Å². The molecule has 3 aromatic rings. The lowest BCUT2D eigenvalue weighted by Crippen LogP contribution is -2.12. The lowest BCUT2D eigenvalue weighted by Gasteiger charge is -1.95. The summed E-state index contributed by atoms with van der Waals surface area (Å²) in [6, 6.07) is 1.77. The van der Waals surface area contributed by atoms with Gasteiger partial charge in [0, 0.05) is 24.2 Å². The third-order valence-corrected chi connectivity index (χ3v) is 3.34. The van der Waals surface area contributed by atoms with Crippen molar-refractivity contribution in [2.24, 2.45) is 0 Å². The van der Waals surface area contributed by atoms with E-state index in [1.807, 2.05) is 6.92 Å². The van der Waals surface area contributed by atoms with E-state index in [2.05, 4.69) is 30.4 Å². The van der Waals surface area contributed by atoms with Crippen LogP contribution in [0.1, 0.15) is 23.2 Å². The average molecular weight is 302 g/mol. The third-order valence-electron chi connectivity index (χ3n) is 2.50.